The SMILES string of the molecule is Cc1cc(S(=O)(=O)NC(=O)C2CNC(=O)C2)sc1C. The van der Waals surface area contributed by atoms with Gasteiger partial charge in [-0.05, 0) is 25.5 Å². The average molecular weight is 302 g/mol. The quantitative estimate of drug-likeness (QED) is 0.840. The van der Waals surface area contributed by atoms with Gasteiger partial charge in [0.05, 0.1) is 5.92 Å². The molecule has 0 aromatic carbocycles. The summed E-state index contributed by atoms with van der Waals surface area (Å²) >= 11 is 1.12. The van der Waals surface area contributed by atoms with E-state index in [1.54, 1.807) is 0 Å². The van der Waals surface area contributed by atoms with Crippen molar-refractivity contribution in [2.24, 2.45) is 5.92 Å². The fourth-order valence-electron chi connectivity index (χ4n) is 1.73. The monoisotopic (exact) mass is 302 g/mol. The second-order valence-corrected chi connectivity index (χ2v) is 7.65. The molecule has 0 aliphatic carbocycles. The number of aryl methyl sites for hydroxylation is 2. The summed E-state index contributed by atoms with van der Waals surface area (Å²) in [5.41, 5.74) is 0.871. The van der Waals surface area contributed by atoms with Crippen LogP contribution in [0, 0.1) is 19.8 Å². The second kappa shape index (κ2) is 4.93. The molecule has 8 heteroatoms. The van der Waals surface area contributed by atoms with E-state index in [9.17, 15) is 18.0 Å². The van der Waals surface area contributed by atoms with Crippen LogP contribution >= 0.6 is 11.3 Å². The van der Waals surface area contributed by atoms with Crippen LogP contribution in [0.3, 0.4) is 0 Å². The number of nitrogens with one attached hydrogen (secondary N) is 2. The van der Waals surface area contributed by atoms with Gasteiger partial charge in [0.1, 0.15) is 4.21 Å². The molecule has 1 aromatic heterocycles. The van der Waals surface area contributed by atoms with Crippen molar-refractivity contribution in [1.82, 2.24) is 10.0 Å². The lowest BCUT2D eigenvalue weighted by Gasteiger charge is -2.08. The maximum Gasteiger partial charge on any atom is 0.273 e. The topological polar surface area (TPSA) is 92.3 Å². The first kappa shape index (κ1) is 14.0. The Morgan fingerprint density at radius 2 is 2.16 bits per heavy atom. The van der Waals surface area contributed by atoms with Gasteiger partial charge < -0.3 is 5.32 Å². The van der Waals surface area contributed by atoms with Crippen molar-refractivity contribution in [3.63, 3.8) is 0 Å². The van der Waals surface area contributed by atoms with Crippen molar-refractivity contribution in [3.05, 3.63) is 16.5 Å². The fraction of sp³-hybridized carbons (Fsp3) is 0.455. The first-order valence-electron chi connectivity index (χ1n) is 5.70. The van der Waals surface area contributed by atoms with Gasteiger partial charge in [0.15, 0.2) is 0 Å². The molecule has 1 aromatic rings. The van der Waals surface area contributed by atoms with Crippen molar-refractivity contribution < 1.29 is 18.0 Å². The molecule has 1 unspecified atom stereocenters. The first-order valence-corrected chi connectivity index (χ1v) is 8.00. The van der Waals surface area contributed by atoms with Crippen LogP contribution in [0.5, 0.6) is 0 Å². The average Bonchev–Trinajstić information content (AvgIpc) is 2.86. The lowest BCUT2D eigenvalue weighted by Crippen LogP contribution is -2.36. The molecule has 1 aliphatic heterocycles. The number of amides is 2. The van der Waals surface area contributed by atoms with Crippen LogP contribution in [0.2, 0.25) is 0 Å². The van der Waals surface area contributed by atoms with E-state index >= 15 is 0 Å². The maximum atomic E-state index is 12.0. The number of sulfonamides is 1. The van der Waals surface area contributed by atoms with Crippen LogP contribution in [0.15, 0.2) is 10.3 Å². The van der Waals surface area contributed by atoms with Crippen LogP contribution in [-0.4, -0.2) is 26.8 Å². The Morgan fingerprint density at radius 1 is 1.47 bits per heavy atom. The van der Waals surface area contributed by atoms with Crippen LogP contribution in [-0.2, 0) is 19.6 Å². The summed E-state index contributed by atoms with van der Waals surface area (Å²) in [7, 11) is -3.84. The molecule has 0 radical (unpaired) electrons. The Kier molecular flexibility index (Phi) is 3.64. The maximum absolute atomic E-state index is 12.0. The molecular formula is C11H14N2O4S2. The summed E-state index contributed by atoms with van der Waals surface area (Å²) in [5.74, 6) is -1.49. The van der Waals surface area contributed by atoms with E-state index < -0.39 is 21.8 Å². The summed E-state index contributed by atoms with van der Waals surface area (Å²) in [6.07, 6.45) is 0.0316. The molecule has 0 bridgehead atoms. The van der Waals surface area contributed by atoms with Gasteiger partial charge in [0.25, 0.3) is 10.0 Å². The Labute approximate surface area is 115 Å². The highest BCUT2D eigenvalue weighted by Crippen LogP contribution is 2.25. The van der Waals surface area contributed by atoms with E-state index in [4.69, 9.17) is 0 Å². The molecule has 2 N–H and O–H groups in total. The van der Waals surface area contributed by atoms with E-state index in [0.717, 1.165) is 21.8 Å². The molecule has 1 atom stereocenters. The summed E-state index contributed by atoms with van der Waals surface area (Å²) in [6, 6.07) is 1.54. The highest BCUT2D eigenvalue weighted by atomic mass is 32.2. The van der Waals surface area contributed by atoms with E-state index in [-0.39, 0.29) is 23.1 Å². The van der Waals surface area contributed by atoms with E-state index in [0.29, 0.717) is 0 Å². The molecule has 1 saturated heterocycles. The Morgan fingerprint density at radius 3 is 2.63 bits per heavy atom. The lowest BCUT2D eigenvalue weighted by molar-refractivity contribution is -0.125. The van der Waals surface area contributed by atoms with Gasteiger partial charge in [-0.25, -0.2) is 13.1 Å². The van der Waals surface area contributed by atoms with Crippen molar-refractivity contribution in [1.29, 1.82) is 0 Å². The number of carbonyl (C=O) groups is 2. The van der Waals surface area contributed by atoms with Crippen molar-refractivity contribution in [2.75, 3.05) is 6.54 Å². The van der Waals surface area contributed by atoms with Crippen LogP contribution in [0.25, 0.3) is 0 Å². The lowest BCUT2D eigenvalue weighted by atomic mass is 10.1. The molecular weight excluding hydrogens is 288 g/mol. The number of rotatable bonds is 3. The third kappa shape index (κ3) is 2.95. The molecule has 2 rings (SSSR count). The van der Waals surface area contributed by atoms with Gasteiger partial charge in [-0.1, -0.05) is 0 Å². The molecule has 0 spiro atoms. The van der Waals surface area contributed by atoms with E-state index in [1.807, 2.05) is 18.6 Å². The minimum Gasteiger partial charge on any atom is -0.355 e. The summed E-state index contributed by atoms with van der Waals surface area (Å²) < 4.78 is 26.2. The molecule has 104 valence electrons. The molecule has 0 saturated carbocycles. The summed E-state index contributed by atoms with van der Waals surface area (Å²) in [4.78, 5) is 23.7. The number of carbonyl (C=O) groups excluding carboxylic acids is 2. The van der Waals surface area contributed by atoms with Crippen LogP contribution in [0.4, 0.5) is 0 Å². The fourth-order valence-corrected chi connectivity index (χ4v) is 4.29. The smallest absolute Gasteiger partial charge is 0.273 e. The second-order valence-electron chi connectivity index (χ2n) is 4.48. The largest absolute Gasteiger partial charge is 0.355 e. The number of hydrogen-bond donors (Lipinski definition) is 2. The van der Waals surface area contributed by atoms with Crippen molar-refractivity contribution in [3.8, 4) is 0 Å². The third-order valence-electron chi connectivity index (χ3n) is 2.99. The minimum absolute atomic E-state index is 0.0316. The third-order valence-corrected chi connectivity index (χ3v) is 5.96. The van der Waals surface area contributed by atoms with E-state index in [2.05, 4.69) is 5.32 Å². The van der Waals surface area contributed by atoms with Gasteiger partial charge in [-0.2, -0.15) is 0 Å². The zero-order valence-electron chi connectivity index (χ0n) is 10.5. The Balaban J connectivity index is 2.13. The van der Waals surface area contributed by atoms with Gasteiger partial charge >= 0.3 is 0 Å². The van der Waals surface area contributed by atoms with Gasteiger partial charge in [0, 0.05) is 17.8 Å². The van der Waals surface area contributed by atoms with Gasteiger partial charge in [0.2, 0.25) is 11.8 Å². The summed E-state index contributed by atoms with van der Waals surface area (Å²) in [6.45, 7) is 3.81. The van der Waals surface area contributed by atoms with Gasteiger partial charge in [-0.15, -0.1) is 11.3 Å². The number of hydrogen-bond acceptors (Lipinski definition) is 5. The Bertz CT molecular complexity index is 614. The highest BCUT2D eigenvalue weighted by Gasteiger charge is 2.31. The zero-order chi connectivity index (χ0) is 14.2. The molecule has 2 heterocycles. The van der Waals surface area contributed by atoms with Crippen molar-refractivity contribution >= 4 is 33.2 Å². The minimum atomic E-state index is -3.84. The molecule has 2 amide bonds. The van der Waals surface area contributed by atoms with Crippen LogP contribution in [0.1, 0.15) is 16.9 Å². The number of thiophene rings is 1. The zero-order valence-corrected chi connectivity index (χ0v) is 12.2. The first-order chi connectivity index (χ1) is 8.79. The molecule has 1 aliphatic rings. The molecule has 6 nitrogen and oxygen atoms in total. The predicted octanol–water partition coefficient (Wildman–Crippen LogP) is 0.306. The molecule has 1 fully saturated rings. The van der Waals surface area contributed by atoms with Crippen LogP contribution < -0.4 is 10.0 Å². The highest BCUT2D eigenvalue weighted by molar-refractivity contribution is 7.92. The predicted molar refractivity (Wildman–Crippen MR) is 70.2 cm³/mol. The van der Waals surface area contributed by atoms with Gasteiger partial charge in [-0.3, -0.25) is 9.59 Å². The van der Waals surface area contributed by atoms with E-state index in [1.165, 1.54) is 6.07 Å². The standard InChI is InChI=1S/C11H14N2O4S2/c1-6-3-10(18-7(6)2)19(16,17)13-11(15)8-4-9(14)12-5-8/h3,8H,4-5H2,1-2H3,(H,12,14)(H,13,15). The Hall–Kier alpha value is -1.41. The normalized spacial score (nSPS) is 19.3. The molecule has 19 heavy (non-hydrogen) atoms. The van der Waals surface area contributed by atoms with Crippen molar-refractivity contribution in [2.45, 2.75) is 24.5 Å². The summed E-state index contributed by atoms with van der Waals surface area (Å²) in [5, 5.41) is 2.50.